The Morgan fingerprint density at radius 3 is 2.66 bits per heavy atom. The number of rotatable bonds is 6. The molecule has 186 valence electrons. The number of carbonyl (C=O) groups excluding carboxylic acids is 2. The van der Waals surface area contributed by atoms with Gasteiger partial charge in [0.2, 0.25) is 5.91 Å². The van der Waals surface area contributed by atoms with Crippen molar-refractivity contribution < 1.29 is 14.3 Å². The number of para-hydroxylation sites is 1. The standard InChI is InChI=1S/C28H35N3O3S/c1-3-34-24-14-10-9-11-20(24)18-31-26(32)23-17-25-22(15-16-35-25)30(23)19-28(31,2)27(33)29-21-12-7-5-4-6-8-13-21/h9-11,14-17,21H,3-8,12-13,18-19H2,1-2H3,(H,29,33)/t28-/m1/s1. The first-order chi connectivity index (χ1) is 17.0. The largest absolute Gasteiger partial charge is 0.494 e. The molecule has 1 atom stereocenters. The fraction of sp³-hybridized carbons (Fsp3) is 0.500. The SMILES string of the molecule is CCOc1ccccc1CN1C(=O)c2cc3sccc3n2C[C@]1(C)C(=O)NC1CCCCCCC1. The van der Waals surface area contributed by atoms with Gasteiger partial charge >= 0.3 is 0 Å². The molecule has 0 bridgehead atoms. The molecule has 1 aliphatic heterocycles. The van der Waals surface area contributed by atoms with Gasteiger partial charge in [0.05, 0.1) is 29.9 Å². The molecule has 5 rings (SSSR count). The molecule has 6 nitrogen and oxygen atoms in total. The van der Waals surface area contributed by atoms with Gasteiger partial charge in [-0.3, -0.25) is 9.59 Å². The van der Waals surface area contributed by atoms with Crippen molar-refractivity contribution in [3.8, 4) is 5.75 Å². The van der Waals surface area contributed by atoms with Crippen molar-refractivity contribution in [3.63, 3.8) is 0 Å². The number of ether oxygens (including phenoxy) is 1. The van der Waals surface area contributed by atoms with Gasteiger partial charge in [0.1, 0.15) is 17.0 Å². The van der Waals surface area contributed by atoms with Crippen molar-refractivity contribution in [3.05, 3.63) is 53.0 Å². The van der Waals surface area contributed by atoms with Gasteiger partial charge in [0, 0.05) is 11.6 Å². The van der Waals surface area contributed by atoms with Crippen LogP contribution in [0.15, 0.2) is 41.8 Å². The first-order valence-electron chi connectivity index (χ1n) is 12.9. The van der Waals surface area contributed by atoms with Crippen LogP contribution in [-0.2, 0) is 17.9 Å². The molecule has 3 heterocycles. The molecule has 0 spiro atoms. The molecule has 0 unspecified atom stereocenters. The van der Waals surface area contributed by atoms with Gasteiger partial charge in [-0.1, -0.05) is 50.3 Å². The minimum absolute atomic E-state index is 0.0620. The van der Waals surface area contributed by atoms with Crippen LogP contribution < -0.4 is 10.1 Å². The second-order valence-electron chi connectivity index (χ2n) is 10.0. The van der Waals surface area contributed by atoms with E-state index >= 15 is 0 Å². The normalized spacial score (nSPS) is 21.4. The summed E-state index contributed by atoms with van der Waals surface area (Å²) in [7, 11) is 0. The summed E-state index contributed by atoms with van der Waals surface area (Å²) >= 11 is 1.63. The van der Waals surface area contributed by atoms with E-state index in [2.05, 4.69) is 5.32 Å². The summed E-state index contributed by atoms with van der Waals surface area (Å²) in [5.74, 6) is 0.585. The molecule has 1 fully saturated rings. The predicted octanol–water partition coefficient (Wildman–Crippen LogP) is 5.75. The Labute approximate surface area is 211 Å². The highest BCUT2D eigenvalue weighted by Crippen LogP contribution is 2.36. The first kappa shape index (κ1) is 23.9. The second kappa shape index (κ2) is 10.1. The monoisotopic (exact) mass is 493 g/mol. The van der Waals surface area contributed by atoms with Gasteiger partial charge in [-0.2, -0.15) is 0 Å². The van der Waals surface area contributed by atoms with E-state index < -0.39 is 5.54 Å². The molecular weight excluding hydrogens is 458 g/mol. The van der Waals surface area contributed by atoms with Crippen LogP contribution in [0.1, 0.15) is 74.8 Å². The summed E-state index contributed by atoms with van der Waals surface area (Å²) < 4.78 is 8.97. The number of thiophene rings is 1. The topological polar surface area (TPSA) is 63.6 Å². The fourth-order valence-electron chi connectivity index (χ4n) is 5.56. The molecule has 2 amide bonds. The van der Waals surface area contributed by atoms with E-state index in [0.29, 0.717) is 25.4 Å². The highest BCUT2D eigenvalue weighted by Gasteiger charge is 2.48. The fourth-order valence-corrected chi connectivity index (χ4v) is 6.39. The highest BCUT2D eigenvalue weighted by atomic mass is 32.1. The lowest BCUT2D eigenvalue weighted by atomic mass is 9.91. The second-order valence-corrected chi connectivity index (χ2v) is 11.0. The van der Waals surface area contributed by atoms with E-state index in [1.54, 1.807) is 16.2 Å². The summed E-state index contributed by atoms with van der Waals surface area (Å²) in [6.07, 6.45) is 8.04. The van der Waals surface area contributed by atoms with Crippen LogP contribution >= 0.6 is 11.3 Å². The Kier molecular flexibility index (Phi) is 6.87. The van der Waals surface area contributed by atoms with Gasteiger partial charge in [-0.15, -0.1) is 11.3 Å². The lowest BCUT2D eigenvalue weighted by molar-refractivity contribution is -0.134. The van der Waals surface area contributed by atoms with Crippen LogP contribution in [0.4, 0.5) is 0 Å². The Morgan fingerprint density at radius 1 is 1.14 bits per heavy atom. The highest BCUT2D eigenvalue weighted by molar-refractivity contribution is 7.17. The van der Waals surface area contributed by atoms with E-state index in [1.807, 2.05) is 60.2 Å². The molecule has 1 saturated carbocycles. The number of fused-ring (bicyclic) bond motifs is 3. The lowest BCUT2D eigenvalue weighted by Gasteiger charge is -2.45. The summed E-state index contributed by atoms with van der Waals surface area (Å²) in [5.41, 5.74) is 1.57. The molecule has 1 aromatic carbocycles. The van der Waals surface area contributed by atoms with Crippen LogP contribution in [0.2, 0.25) is 0 Å². The van der Waals surface area contributed by atoms with E-state index in [1.165, 1.54) is 19.3 Å². The van der Waals surface area contributed by atoms with E-state index in [4.69, 9.17) is 4.74 Å². The molecular formula is C28H35N3O3S. The summed E-state index contributed by atoms with van der Waals surface area (Å²) in [5, 5.41) is 5.40. The van der Waals surface area contributed by atoms with Gasteiger partial charge in [-0.05, 0) is 50.3 Å². The van der Waals surface area contributed by atoms with Crippen molar-refractivity contribution in [1.29, 1.82) is 0 Å². The Bertz CT molecular complexity index is 1210. The number of amides is 2. The van der Waals surface area contributed by atoms with E-state index in [9.17, 15) is 9.59 Å². The Hall–Kier alpha value is -2.80. The summed E-state index contributed by atoms with van der Waals surface area (Å²) in [6.45, 7) is 5.18. The average molecular weight is 494 g/mol. The van der Waals surface area contributed by atoms with Crippen molar-refractivity contribution >= 4 is 33.4 Å². The number of hydrogen-bond acceptors (Lipinski definition) is 4. The third-order valence-electron chi connectivity index (χ3n) is 7.58. The number of hydrogen-bond donors (Lipinski definition) is 1. The molecule has 3 aromatic rings. The smallest absolute Gasteiger partial charge is 0.271 e. The van der Waals surface area contributed by atoms with Crippen molar-refractivity contribution in [2.45, 2.75) is 83.5 Å². The molecule has 2 aliphatic rings. The maximum Gasteiger partial charge on any atom is 0.271 e. The minimum atomic E-state index is -1.01. The molecule has 7 heteroatoms. The first-order valence-corrected chi connectivity index (χ1v) is 13.8. The zero-order valence-electron chi connectivity index (χ0n) is 20.7. The summed E-state index contributed by atoms with van der Waals surface area (Å²) in [6, 6.07) is 12.0. The number of aromatic nitrogens is 1. The molecule has 1 aliphatic carbocycles. The van der Waals surface area contributed by atoms with Gasteiger partial charge in [-0.25, -0.2) is 0 Å². The zero-order valence-corrected chi connectivity index (χ0v) is 21.5. The Balaban J connectivity index is 1.51. The van der Waals surface area contributed by atoms with Crippen molar-refractivity contribution in [2.75, 3.05) is 6.61 Å². The van der Waals surface area contributed by atoms with Crippen LogP contribution in [0.5, 0.6) is 5.75 Å². The third-order valence-corrected chi connectivity index (χ3v) is 8.43. The van der Waals surface area contributed by atoms with Crippen molar-refractivity contribution in [2.24, 2.45) is 0 Å². The third kappa shape index (κ3) is 4.58. The average Bonchev–Trinajstić information content (AvgIpc) is 3.42. The lowest BCUT2D eigenvalue weighted by Crippen LogP contribution is -2.64. The maximum atomic E-state index is 14.0. The van der Waals surface area contributed by atoms with Gasteiger partial charge in [0.15, 0.2) is 0 Å². The Morgan fingerprint density at radius 2 is 1.89 bits per heavy atom. The van der Waals surface area contributed by atoms with Crippen molar-refractivity contribution in [1.82, 2.24) is 14.8 Å². The zero-order chi connectivity index (χ0) is 24.4. The number of benzene rings is 1. The van der Waals surface area contributed by atoms with Crippen LogP contribution in [-0.4, -0.2) is 39.5 Å². The van der Waals surface area contributed by atoms with Gasteiger partial charge < -0.3 is 19.5 Å². The van der Waals surface area contributed by atoms with Gasteiger partial charge in [0.25, 0.3) is 5.91 Å². The van der Waals surface area contributed by atoms with Crippen LogP contribution in [0.25, 0.3) is 10.2 Å². The quantitative estimate of drug-likeness (QED) is 0.476. The minimum Gasteiger partial charge on any atom is -0.494 e. The number of nitrogens with zero attached hydrogens (tertiary/aromatic N) is 2. The number of nitrogens with one attached hydrogen (secondary N) is 1. The van der Waals surface area contributed by atoms with E-state index in [-0.39, 0.29) is 17.9 Å². The van der Waals surface area contributed by atoms with Crippen LogP contribution in [0.3, 0.4) is 0 Å². The molecule has 2 aromatic heterocycles. The molecule has 35 heavy (non-hydrogen) atoms. The predicted molar refractivity (Wildman–Crippen MR) is 140 cm³/mol. The maximum absolute atomic E-state index is 14.0. The van der Waals surface area contributed by atoms with Crippen LogP contribution in [0, 0.1) is 0 Å². The summed E-state index contributed by atoms with van der Waals surface area (Å²) in [4.78, 5) is 29.7. The number of carbonyl (C=O) groups is 2. The van der Waals surface area contributed by atoms with E-state index in [0.717, 1.165) is 47.2 Å². The molecule has 0 radical (unpaired) electrons. The molecule has 1 N–H and O–H groups in total. The molecule has 0 saturated heterocycles.